The van der Waals surface area contributed by atoms with E-state index in [1.165, 1.54) is 11.3 Å². The van der Waals surface area contributed by atoms with Crippen LogP contribution in [0.2, 0.25) is 0 Å². The van der Waals surface area contributed by atoms with Gasteiger partial charge in [-0.15, -0.1) is 11.3 Å². The van der Waals surface area contributed by atoms with E-state index in [-0.39, 0.29) is 12.3 Å². The zero-order valence-electron chi connectivity index (χ0n) is 12.6. The lowest BCUT2D eigenvalue weighted by atomic mass is 10.0. The summed E-state index contributed by atoms with van der Waals surface area (Å²) in [4.78, 5) is 24.5. The number of thiophene rings is 1. The van der Waals surface area contributed by atoms with E-state index in [0.29, 0.717) is 17.2 Å². The summed E-state index contributed by atoms with van der Waals surface area (Å²) in [6.45, 7) is 0.107. The molecule has 0 radical (unpaired) electrons. The summed E-state index contributed by atoms with van der Waals surface area (Å²) < 4.78 is 0.889. The second kappa shape index (κ2) is 6.72. The smallest absolute Gasteiger partial charge is 0.408 e. The van der Waals surface area contributed by atoms with Crippen molar-refractivity contribution in [2.45, 2.75) is 12.6 Å². The van der Waals surface area contributed by atoms with Gasteiger partial charge in [0.15, 0.2) is 0 Å². The number of carbonyl (C=O) groups is 2. The van der Waals surface area contributed by atoms with Gasteiger partial charge in [-0.05, 0) is 29.1 Å². The summed E-state index contributed by atoms with van der Waals surface area (Å²) in [5.74, 6) is 0.0803. The molecule has 1 aromatic heterocycles. The van der Waals surface area contributed by atoms with Gasteiger partial charge in [0.2, 0.25) is 0 Å². The molecule has 0 fully saturated rings. The number of hydrogen-bond donors (Lipinski definition) is 2. The lowest BCUT2D eigenvalue weighted by Crippen LogP contribution is -2.34. The van der Waals surface area contributed by atoms with E-state index in [0.717, 1.165) is 15.2 Å². The number of fused-ring (bicyclic) bond motifs is 1. The second-order valence-corrected chi connectivity index (χ2v) is 6.26. The molecule has 1 heterocycles. The number of benzene rings is 2. The van der Waals surface area contributed by atoms with Crippen LogP contribution in [0.4, 0.5) is 4.79 Å². The van der Waals surface area contributed by atoms with Gasteiger partial charge in [-0.2, -0.15) is 0 Å². The number of aldehydes is 1. The molecule has 1 amide bonds. The third-order valence-corrected chi connectivity index (χ3v) is 4.79. The number of phenols is 1. The van der Waals surface area contributed by atoms with Crippen molar-refractivity contribution in [3.8, 4) is 5.75 Å². The topological polar surface area (TPSA) is 77.8 Å². The van der Waals surface area contributed by atoms with Crippen LogP contribution in [-0.2, 0) is 11.3 Å². The lowest BCUT2D eigenvalue weighted by Gasteiger charge is -2.25. The van der Waals surface area contributed by atoms with E-state index in [2.05, 4.69) is 0 Å². The molecule has 1 atom stereocenters. The zero-order chi connectivity index (χ0) is 17.1. The molecule has 6 heteroatoms. The summed E-state index contributed by atoms with van der Waals surface area (Å²) in [7, 11) is 0. The van der Waals surface area contributed by atoms with Crippen LogP contribution in [0.25, 0.3) is 10.1 Å². The Morgan fingerprint density at radius 3 is 2.62 bits per heavy atom. The Hall–Kier alpha value is -2.86. The first-order valence-corrected chi connectivity index (χ1v) is 8.17. The van der Waals surface area contributed by atoms with E-state index >= 15 is 0 Å². The number of carbonyl (C=O) groups excluding carboxylic acids is 1. The molecule has 24 heavy (non-hydrogen) atoms. The average molecular weight is 341 g/mol. The summed E-state index contributed by atoms with van der Waals surface area (Å²) in [6, 6.07) is 13.1. The van der Waals surface area contributed by atoms with Crippen LogP contribution < -0.4 is 0 Å². The van der Waals surface area contributed by atoms with Crippen LogP contribution in [0, 0.1) is 0 Å². The van der Waals surface area contributed by atoms with Crippen LogP contribution in [0.5, 0.6) is 5.75 Å². The lowest BCUT2D eigenvalue weighted by molar-refractivity contribution is -0.112. The summed E-state index contributed by atoms with van der Waals surface area (Å²) in [5.41, 5.74) is 1.38. The fourth-order valence-corrected chi connectivity index (χ4v) is 3.62. The predicted molar refractivity (Wildman–Crippen MR) is 92.3 cm³/mol. The monoisotopic (exact) mass is 341 g/mol. The molecule has 1 unspecified atom stereocenters. The standard InChI is InChI=1S/C18H15NO4S/c20-10-16(15-11-24-17-7-6-13(21)8-14(15)17)19(18(22)23)9-12-4-2-1-3-5-12/h1-8,10-11,16,21H,9H2,(H,22,23). The SMILES string of the molecule is O=CC(c1csc2ccc(O)cc12)N(Cc1ccccc1)C(=O)O. The van der Waals surface area contributed by atoms with Crippen molar-refractivity contribution < 1.29 is 19.8 Å². The molecule has 5 nitrogen and oxygen atoms in total. The molecule has 3 aromatic rings. The first-order chi connectivity index (χ1) is 11.6. The van der Waals surface area contributed by atoms with Crippen molar-refractivity contribution in [3.63, 3.8) is 0 Å². The van der Waals surface area contributed by atoms with Gasteiger partial charge in [0, 0.05) is 15.6 Å². The molecule has 0 spiro atoms. The quantitative estimate of drug-likeness (QED) is 0.687. The van der Waals surface area contributed by atoms with Crippen LogP contribution in [0.15, 0.2) is 53.9 Å². The summed E-state index contributed by atoms with van der Waals surface area (Å²) in [6.07, 6.45) is -0.543. The molecule has 0 aliphatic rings. The van der Waals surface area contributed by atoms with Gasteiger partial charge < -0.3 is 15.0 Å². The van der Waals surface area contributed by atoms with Crippen LogP contribution in [0.1, 0.15) is 17.2 Å². The highest BCUT2D eigenvalue weighted by molar-refractivity contribution is 7.17. The Kier molecular flexibility index (Phi) is 4.48. The first kappa shape index (κ1) is 16.0. The molecular weight excluding hydrogens is 326 g/mol. The van der Waals surface area contributed by atoms with Crippen molar-refractivity contribution in [3.05, 3.63) is 65.0 Å². The molecular formula is C18H15NO4S. The van der Waals surface area contributed by atoms with Crippen LogP contribution >= 0.6 is 11.3 Å². The predicted octanol–water partition coefficient (Wildman–Crippen LogP) is 4.03. The maximum absolute atomic E-state index is 11.7. The molecule has 2 aromatic carbocycles. The van der Waals surface area contributed by atoms with Crippen molar-refractivity contribution in [1.82, 2.24) is 4.90 Å². The van der Waals surface area contributed by atoms with E-state index in [1.807, 2.05) is 30.3 Å². The average Bonchev–Trinajstić information content (AvgIpc) is 2.98. The molecule has 122 valence electrons. The Balaban J connectivity index is 2.02. The number of hydrogen-bond acceptors (Lipinski definition) is 4. The van der Waals surface area contributed by atoms with Gasteiger partial charge in [-0.3, -0.25) is 4.90 Å². The van der Waals surface area contributed by atoms with E-state index in [9.17, 15) is 19.8 Å². The fourth-order valence-electron chi connectivity index (χ4n) is 2.65. The van der Waals surface area contributed by atoms with Crippen molar-refractivity contribution in [1.29, 1.82) is 0 Å². The van der Waals surface area contributed by atoms with Gasteiger partial charge in [-0.25, -0.2) is 4.79 Å². The Labute approximate surface area is 142 Å². The van der Waals surface area contributed by atoms with E-state index < -0.39 is 12.1 Å². The second-order valence-electron chi connectivity index (χ2n) is 5.35. The normalized spacial score (nSPS) is 12.0. The number of carboxylic acid groups (broad SMARTS) is 1. The molecule has 0 bridgehead atoms. The molecule has 2 N–H and O–H groups in total. The maximum atomic E-state index is 11.7. The van der Waals surface area contributed by atoms with Crippen molar-refractivity contribution >= 4 is 33.8 Å². The number of phenolic OH excluding ortho intramolecular Hbond substituents is 1. The minimum atomic E-state index is -1.17. The minimum absolute atomic E-state index is 0.0803. The van der Waals surface area contributed by atoms with Gasteiger partial charge in [0.05, 0.1) is 6.54 Å². The third kappa shape index (κ3) is 3.09. The number of amides is 1. The highest BCUT2D eigenvalue weighted by Crippen LogP contribution is 2.35. The number of rotatable bonds is 5. The Morgan fingerprint density at radius 1 is 1.21 bits per heavy atom. The molecule has 0 aliphatic heterocycles. The maximum Gasteiger partial charge on any atom is 0.408 e. The summed E-state index contributed by atoms with van der Waals surface area (Å²) in [5, 5.41) is 21.7. The minimum Gasteiger partial charge on any atom is -0.508 e. The van der Waals surface area contributed by atoms with Gasteiger partial charge in [0.1, 0.15) is 18.1 Å². The highest BCUT2D eigenvalue weighted by atomic mass is 32.1. The Morgan fingerprint density at radius 2 is 1.96 bits per heavy atom. The van der Waals surface area contributed by atoms with E-state index in [4.69, 9.17) is 0 Å². The highest BCUT2D eigenvalue weighted by Gasteiger charge is 2.27. The first-order valence-electron chi connectivity index (χ1n) is 7.29. The van der Waals surface area contributed by atoms with Crippen molar-refractivity contribution in [2.75, 3.05) is 0 Å². The molecule has 0 saturated carbocycles. The summed E-state index contributed by atoms with van der Waals surface area (Å²) >= 11 is 1.41. The molecule has 0 aliphatic carbocycles. The van der Waals surface area contributed by atoms with Crippen molar-refractivity contribution in [2.24, 2.45) is 0 Å². The van der Waals surface area contributed by atoms with E-state index in [1.54, 1.807) is 23.6 Å². The van der Waals surface area contributed by atoms with Gasteiger partial charge in [0.25, 0.3) is 0 Å². The van der Waals surface area contributed by atoms with Gasteiger partial charge in [-0.1, -0.05) is 30.3 Å². The molecule has 0 saturated heterocycles. The number of nitrogens with zero attached hydrogens (tertiary/aromatic N) is 1. The largest absolute Gasteiger partial charge is 0.508 e. The number of aromatic hydroxyl groups is 1. The van der Waals surface area contributed by atoms with Gasteiger partial charge >= 0.3 is 6.09 Å². The van der Waals surface area contributed by atoms with Crippen LogP contribution in [-0.4, -0.2) is 27.5 Å². The molecule has 3 rings (SSSR count). The van der Waals surface area contributed by atoms with Crippen LogP contribution in [0.3, 0.4) is 0 Å². The fraction of sp³-hybridized carbons (Fsp3) is 0.111. The third-order valence-electron chi connectivity index (χ3n) is 3.81. The zero-order valence-corrected chi connectivity index (χ0v) is 13.4. The Bertz CT molecular complexity index is 875.